The molecule has 0 N–H and O–H groups in total. The predicted molar refractivity (Wildman–Crippen MR) is 86.0 cm³/mol. The van der Waals surface area contributed by atoms with Gasteiger partial charge < -0.3 is 4.74 Å². The molecule has 0 spiro atoms. The van der Waals surface area contributed by atoms with Gasteiger partial charge in [0.1, 0.15) is 16.8 Å². The molecule has 2 rings (SSSR count). The number of hydrogen-bond donors (Lipinski definition) is 0. The first-order valence-electron chi connectivity index (χ1n) is 6.38. The summed E-state index contributed by atoms with van der Waals surface area (Å²) in [4.78, 5) is 4.46. The second-order valence-corrected chi connectivity index (χ2v) is 6.02. The number of pyridine rings is 1. The van der Waals surface area contributed by atoms with Gasteiger partial charge in [-0.15, -0.1) is 11.8 Å². The molecule has 1 heterocycles. The number of halogens is 1. The second kappa shape index (κ2) is 6.84. The number of nitrogens with zero attached hydrogens (tertiary/aromatic N) is 2. The fraction of sp³-hybridized carbons (Fsp3) is 0.250. The summed E-state index contributed by atoms with van der Waals surface area (Å²) in [6.45, 7) is 3.86. The molecule has 1 aromatic carbocycles. The molecule has 0 saturated carbocycles. The fourth-order valence-electron chi connectivity index (χ4n) is 2.05. The van der Waals surface area contributed by atoms with E-state index in [1.54, 1.807) is 13.2 Å². The number of thioether (sulfide) groups is 1. The third kappa shape index (κ3) is 3.69. The Morgan fingerprint density at radius 3 is 2.76 bits per heavy atom. The minimum atomic E-state index is 0.631. The summed E-state index contributed by atoms with van der Waals surface area (Å²) in [7, 11) is 1.63. The topological polar surface area (TPSA) is 45.9 Å². The Labute approximate surface area is 133 Å². The van der Waals surface area contributed by atoms with Crippen LogP contribution in [0.3, 0.4) is 0 Å². The summed E-state index contributed by atoms with van der Waals surface area (Å²) in [6, 6.07) is 9.66. The van der Waals surface area contributed by atoms with Gasteiger partial charge in [-0.25, -0.2) is 4.98 Å². The molecular weight excluding hydrogens is 304 g/mol. The Morgan fingerprint density at radius 1 is 1.33 bits per heavy atom. The van der Waals surface area contributed by atoms with Crippen molar-refractivity contribution in [2.75, 3.05) is 7.11 Å². The van der Waals surface area contributed by atoms with Crippen molar-refractivity contribution in [1.29, 1.82) is 5.26 Å². The average molecular weight is 319 g/mol. The maximum absolute atomic E-state index is 9.28. The third-order valence-corrected chi connectivity index (χ3v) is 4.29. The Morgan fingerprint density at radius 2 is 2.10 bits per heavy atom. The van der Waals surface area contributed by atoms with Crippen LogP contribution in [0.25, 0.3) is 0 Å². The van der Waals surface area contributed by atoms with Crippen LogP contribution < -0.4 is 4.74 Å². The van der Waals surface area contributed by atoms with E-state index in [1.165, 1.54) is 11.8 Å². The van der Waals surface area contributed by atoms with Gasteiger partial charge in [0.15, 0.2) is 0 Å². The van der Waals surface area contributed by atoms with Crippen molar-refractivity contribution in [2.24, 2.45) is 0 Å². The summed E-state index contributed by atoms with van der Waals surface area (Å²) in [5.41, 5.74) is 3.48. The molecule has 1 aromatic heterocycles. The Kier molecular flexibility index (Phi) is 5.11. The number of nitriles is 1. The van der Waals surface area contributed by atoms with E-state index in [0.717, 1.165) is 27.6 Å². The van der Waals surface area contributed by atoms with Gasteiger partial charge >= 0.3 is 0 Å². The van der Waals surface area contributed by atoms with Crippen molar-refractivity contribution >= 4 is 23.4 Å². The van der Waals surface area contributed by atoms with E-state index >= 15 is 0 Å². The lowest BCUT2D eigenvalue weighted by molar-refractivity contribution is 0.411. The van der Waals surface area contributed by atoms with E-state index in [-0.39, 0.29) is 0 Å². The molecule has 108 valence electrons. The normalized spacial score (nSPS) is 10.2. The summed E-state index contributed by atoms with van der Waals surface area (Å²) in [6.07, 6.45) is 0. The van der Waals surface area contributed by atoms with Crippen LogP contribution in [0.2, 0.25) is 5.02 Å². The molecule has 0 unspecified atom stereocenters. The molecule has 0 fully saturated rings. The van der Waals surface area contributed by atoms with Gasteiger partial charge in [0, 0.05) is 22.0 Å². The van der Waals surface area contributed by atoms with Crippen molar-refractivity contribution in [1.82, 2.24) is 4.98 Å². The van der Waals surface area contributed by atoms with Crippen LogP contribution in [-0.2, 0) is 5.75 Å². The van der Waals surface area contributed by atoms with Gasteiger partial charge in [-0.3, -0.25) is 0 Å². The monoisotopic (exact) mass is 318 g/mol. The second-order valence-electron chi connectivity index (χ2n) is 4.62. The van der Waals surface area contributed by atoms with Gasteiger partial charge in [-0.05, 0) is 43.7 Å². The first-order chi connectivity index (χ1) is 10.0. The molecule has 5 heteroatoms. The van der Waals surface area contributed by atoms with Crippen molar-refractivity contribution < 1.29 is 4.74 Å². The fourth-order valence-corrected chi connectivity index (χ4v) is 3.32. The van der Waals surface area contributed by atoms with Gasteiger partial charge in [-0.1, -0.05) is 11.6 Å². The zero-order valence-corrected chi connectivity index (χ0v) is 13.7. The van der Waals surface area contributed by atoms with Crippen molar-refractivity contribution in [3.8, 4) is 11.8 Å². The molecule has 0 atom stereocenters. The smallest absolute Gasteiger partial charge is 0.123 e. The first kappa shape index (κ1) is 15.7. The molecule has 0 aliphatic heterocycles. The molecular formula is C16H15ClN2OS. The van der Waals surface area contributed by atoms with Crippen LogP contribution in [-0.4, -0.2) is 12.1 Å². The lowest BCUT2D eigenvalue weighted by Crippen LogP contribution is -1.96. The summed E-state index contributed by atoms with van der Waals surface area (Å²) >= 11 is 7.55. The van der Waals surface area contributed by atoms with E-state index in [9.17, 15) is 5.26 Å². The van der Waals surface area contributed by atoms with Gasteiger partial charge in [-0.2, -0.15) is 5.26 Å². The number of ether oxygens (including phenoxy) is 1. The Bertz CT molecular complexity index is 710. The molecule has 3 nitrogen and oxygen atoms in total. The maximum Gasteiger partial charge on any atom is 0.123 e. The van der Waals surface area contributed by atoms with Crippen molar-refractivity contribution in [3.05, 3.63) is 51.7 Å². The highest BCUT2D eigenvalue weighted by Crippen LogP contribution is 2.31. The first-order valence-corrected chi connectivity index (χ1v) is 7.75. The van der Waals surface area contributed by atoms with E-state index in [4.69, 9.17) is 16.3 Å². The Balaban J connectivity index is 2.29. The predicted octanol–water partition coefficient (Wildman–Crippen LogP) is 4.52. The lowest BCUT2D eigenvalue weighted by atomic mass is 10.1. The van der Waals surface area contributed by atoms with E-state index in [0.29, 0.717) is 16.3 Å². The lowest BCUT2D eigenvalue weighted by Gasteiger charge is -2.10. The van der Waals surface area contributed by atoms with Gasteiger partial charge in [0.25, 0.3) is 0 Å². The summed E-state index contributed by atoms with van der Waals surface area (Å²) in [5.74, 6) is 1.43. The molecule has 0 aliphatic carbocycles. The van der Waals surface area contributed by atoms with E-state index < -0.39 is 0 Å². The minimum absolute atomic E-state index is 0.631. The van der Waals surface area contributed by atoms with Crippen LogP contribution >= 0.6 is 23.4 Å². The number of aromatic nitrogens is 1. The zero-order chi connectivity index (χ0) is 15.4. The third-order valence-electron chi connectivity index (χ3n) is 3.03. The van der Waals surface area contributed by atoms with Crippen LogP contribution in [0.5, 0.6) is 5.75 Å². The quantitative estimate of drug-likeness (QED) is 0.777. The molecule has 0 bridgehead atoms. The standard InChI is InChI=1S/C16H15ClN2OS/c1-10-6-11(2)19-16(14(10)8-18)21-9-12-7-13(17)4-5-15(12)20-3/h4-7H,9H2,1-3H3. The molecule has 0 aliphatic rings. The average Bonchev–Trinajstić information content (AvgIpc) is 2.44. The zero-order valence-electron chi connectivity index (χ0n) is 12.1. The molecule has 0 saturated heterocycles. The van der Waals surface area contributed by atoms with Gasteiger partial charge in [0.05, 0.1) is 12.7 Å². The van der Waals surface area contributed by atoms with Crippen LogP contribution in [0, 0.1) is 25.2 Å². The number of hydrogen-bond acceptors (Lipinski definition) is 4. The number of methoxy groups -OCH3 is 1. The Hall–Kier alpha value is -1.70. The minimum Gasteiger partial charge on any atom is -0.496 e. The van der Waals surface area contributed by atoms with Crippen LogP contribution in [0.1, 0.15) is 22.4 Å². The highest BCUT2D eigenvalue weighted by Gasteiger charge is 2.11. The van der Waals surface area contributed by atoms with E-state index in [2.05, 4.69) is 11.1 Å². The highest BCUT2D eigenvalue weighted by molar-refractivity contribution is 7.98. The number of rotatable bonds is 4. The van der Waals surface area contributed by atoms with Crippen molar-refractivity contribution in [2.45, 2.75) is 24.6 Å². The molecule has 21 heavy (non-hydrogen) atoms. The molecule has 2 aromatic rings. The molecule has 0 radical (unpaired) electrons. The summed E-state index contributed by atoms with van der Waals surface area (Å²) in [5, 5.41) is 10.7. The van der Waals surface area contributed by atoms with Gasteiger partial charge in [0.2, 0.25) is 0 Å². The maximum atomic E-state index is 9.28. The number of aryl methyl sites for hydroxylation is 2. The SMILES string of the molecule is COc1ccc(Cl)cc1CSc1nc(C)cc(C)c1C#N. The number of benzene rings is 1. The van der Waals surface area contributed by atoms with E-state index in [1.807, 2.05) is 32.0 Å². The van der Waals surface area contributed by atoms with Crippen molar-refractivity contribution in [3.63, 3.8) is 0 Å². The molecule has 0 amide bonds. The van der Waals surface area contributed by atoms with Crippen LogP contribution in [0.4, 0.5) is 0 Å². The van der Waals surface area contributed by atoms with Crippen LogP contribution in [0.15, 0.2) is 29.3 Å². The largest absolute Gasteiger partial charge is 0.496 e. The highest BCUT2D eigenvalue weighted by atomic mass is 35.5. The summed E-state index contributed by atoms with van der Waals surface area (Å²) < 4.78 is 5.34.